The first-order chi connectivity index (χ1) is 7.31. The Bertz CT molecular complexity index is 484. The molecular weight excluding hydrogens is 290 g/mol. The number of ether oxygens (including phenoxy) is 1. The fraction of sp³-hybridized carbons (Fsp3) is 0.273. The summed E-state index contributed by atoms with van der Waals surface area (Å²) in [7, 11) is 0. The van der Waals surface area contributed by atoms with E-state index in [1.54, 1.807) is 11.3 Å². The summed E-state index contributed by atoms with van der Waals surface area (Å²) >= 11 is 1.63. The van der Waals surface area contributed by atoms with E-state index in [4.69, 9.17) is 4.74 Å². The van der Waals surface area contributed by atoms with E-state index in [1.165, 1.54) is 4.70 Å². The molecule has 0 bridgehead atoms. The number of fused-ring (bicyclic) bond motifs is 1. The van der Waals surface area contributed by atoms with Crippen molar-refractivity contribution in [2.75, 3.05) is 6.61 Å². The fourth-order valence-electron chi connectivity index (χ4n) is 1.44. The number of carbonyl (C=O) groups is 1. The highest BCUT2D eigenvalue weighted by Crippen LogP contribution is 2.14. The van der Waals surface area contributed by atoms with Crippen LogP contribution in [0.1, 0.15) is 6.92 Å². The van der Waals surface area contributed by atoms with Crippen molar-refractivity contribution >= 4 is 44.5 Å². The Morgan fingerprint density at radius 3 is 2.94 bits per heavy atom. The molecule has 0 amide bonds. The van der Waals surface area contributed by atoms with Crippen LogP contribution in [0, 0.1) is 0 Å². The maximum Gasteiger partial charge on any atom is 0.372 e. The van der Waals surface area contributed by atoms with Crippen LogP contribution in [0.25, 0.3) is 10.2 Å². The van der Waals surface area contributed by atoms with Crippen LogP contribution >= 0.6 is 28.3 Å². The van der Waals surface area contributed by atoms with Gasteiger partial charge in [-0.15, -0.1) is 17.0 Å². The summed E-state index contributed by atoms with van der Waals surface area (Å²) in [5.74, 6) is -0.189. The SMILES string of the molecule is Br.CCOC(=O)C[n+]1csc2ccccc21. The molecule has 0 atom stereocenters. The van der Waals surface area contributed by atoms with Gasteiger partial charge in [0.15, 0.2) is 0 Å². The van der Waals surface area contributed by atoms with Crippen molar-refractivity contribution in [1.29, 1.82) is 0 Å². The van der Waals surface area contributed by atoms with Gasteiger partial charge in [0, 0.05) is 6.07 Å². The van der Waals surface area contributed by atoms with Crippen molar-refractivity contribution < 1.29 is 14.1 Å². The fourth-order valence-corrected chi connectivity index (χ4v) is 2.33. The van der Waals surface area contributed by atoms with Crippen molar-refractivity contribution in [3.8, 4) is 0 Å². The molecule has 5 heteroatoms. The lowest BCUT2D eigenvalue weighted by atomic mass is 10.3. The minimum Gasteiger partial charge on any atom is -0.461 e. The number of halogens is 1. The minimum absolute atomic E-state index is 0. The average molecular weight is 303 g/mol. The predicted molar refractivity (Wildman–Crippen MR) is 69.0 cm³/mol. The highest BCUT2D eigenvalue weighted by Gasteiger charge is 2.15. The molecule has 0 saturated carbocycles. The predicted octanol–water partition coefficient (Wildman–Crippen LogP) is 2.33. The highest BCUT2D eigenvalue weighted by atomic mass is 79.9. The van der Waals surface area contributed by atoms with Crippen LogP contribution in [0.15, 0.2) is 29.8 Å². The molecule has 0 N–H and O–H groups in total. The normalized spacial score (nSPS) is 9.81. The highest BCUT2D eigenvalue weighted by molar-refractivity contribution is 8.93. The van der Waals surface area contributed by atoms with Gasteiger partial charge in [-0.05, 0) is 13.0 Å². The second kappa shape index (κ2) is 5.96. The Labute approximate surface area is 108 Å². The molecular formula is C11H13BrNO2S+. The van der Waals surface area contributed by atoms with Gasteiger partial charge in [0.2, 0.25) is 17.6 Å². The van der Waals surface area contributed by atoms with Crippen molar-refractivity contribution in [2.45, 2.75) is 13.5 Å². The number of thiazole rings is 1. The molecule has 0 spiro atoms. The molecule has 1 aromatic carbocycles. The summed E-state index contributed by atoms with van der Waals surface area (Å²) in [5.41, 5.74) is 3.03. The summed E-state index contributed by atoms with van der Waals surface area (Å²) < 4.78 is 8.01. The first-order valence-corrected chi connectivity index (χ1v) is 5.70. The van der Waals surface area contributed by atoms with Gasteiger partial charge in [0.25, 0.3) is 0 Å². The third-order valence-corrected chi connectivity index (χ3v) is 3.05. The average Bonchev–Trinajstić information content (AvgIpc) is 2.62. The number of para-hydroxylation sites is 1. The standard InChI is InChI=1S/C11H12NO2S.BrH/c1-2-14-11(13)7-12-8-15-10-6-4-3-5-9(10)12;/h3-6,8H,2,7H2,1H3;1H/q+1;. The molecule has 3 nitrogen and oxygen atoms in total. The van der Waals surface area contributed by atoms with Gasteiger partial charge in [0.05, 0.1) is 6.61 Å². The number of nitrogens with zero attached hydrogens (tertiary/aromatic N) is 1. The topological polar surface area (TPSA) is 30.2 Å². The first-order valence-electron chi connectivity index (χ1n) is 4.82. The third kappa shape index (κ3) is 2.80. The molecule has 0 aliphatic heterocycles. The second-order valence-corrected chi connectivity index (χ2v) is 4.01. The van der Waals surface area contributed by atoms with Gasteiger partial charge in [-0.2, -0.15) is 4.57 Å². The summed E-state index contributed by atoms with van der Waals surface area (Å²) in [6.07, 6.45) is 0. The Balaban J connectivity index is 0.00000128. The van der Waals surface area contributed by atoms with Crippen LogP contribution < -0.4 is 4.57 Å². The molecule has 0 fully saturated rings. The molecule has 0 aliphatic rings. The lowest BCUT2D eigenvalue weighted by Crippen LogP contribution is -2.36. The molecule has 2 rings (SSSR count). The molecule has 1 heterocycles. The van der Waals surface area contributed by atoms with E-state index in [0.717, 1.165) is 5.52 Å². The number of hydrogen-bond donors (Lipinski definition) is 0. The van der Waals surface area contributed by atoms with Crippen LogP contribution in [0.2, 0.25) is 0 Å². The van der Waals surface area contributed by atoms with E-state index in [0.29, 0.717) is 6.61 Å². The zero-order chi connectivity index (χ0) is 10.7. The molecule has 0 saturated heterocycles. The molecule has 0 radical (unpaired) electrons. The van der Waals surface area contributed by atoms with Crippen molar-refractivity contribution in [3.63, 3.8) is 0 Å². The summed E-state index contributed by atoms with van der Waals surface area (Å²) in [4.78, 5) is 11.3. The number of esters is 1. The lowest BCUT2D eigenvalue weighted by Gasteiger charge is -1.96. The van der Waals surface area contributed by atoms with E-state index in [-0.39, 0.29) is 29.5 Å². The molecule has 16 heavy (non-hydrogen) atoms. The van der Waals surface area contributed by atoms with Gasteiger partial charge in [-0.25, -0.2) is 4.79 Å². The van der Waals surface area contributed by atoms with Crippen LogP contribution in [-0.2, 0) is 16.1 Å². The van der Waals surface area contributed by atoms with Crippen molar-refractivity contribution in [1.82, 2.24) is 0 Å². The quantitative estimate of drug-likeness (QED) is 0.643. The molecule has 0 unspecified atom stereocenters. The van der Waals surface area contributed by atoms with E-state index in [1.807, 2.05) is 41.3 Å². The maximum atomic E-state index is 11.3. The number of carbonyl (C=O) groups excluding carboxylic acids is 1. The van der Waals surface area contributed by atoms with Gasteiger partial charge < -0.3 is 4.74 Å². The van der Waals surface area contributed by atoms with Crippen LogP contribution in [-0.4, -0.2) is 12.6 Å². The summed E-state index contributed by atoms with van der Waals surface area (Å²) in [6, 6.07) is 8.01. The number of aromatic nitrogens is 1. The van der Waals surface area contributed by atoms with Crippen LogP contribution in [0.3, 0.4) is 0 Å². The van der Waals surface area contributed by atoms with Crippen LogP contribution in [0.5, 0.6) is 0 Å². The molecule has 2 aromatic rings. The minimum atomic E-state index is -0.189. The monoisotopic (exact) mass is 302 g/mol. The van der Waals surface area contributed by atoms with Gasteiger partial charge in [-0.3, -0.25) is 0 Å². The number of rotatable bonds is 3. The molecule has 1 aromatic heterocycles. The van der Waals surface area contributed by atoms with Crippen molar-refractivity contribution in [2.24, 2.45) is 0 Å². The van der Waals surface area contributed by atoms with Gasteiger partial charge in [-0.1, -0.05) is 23.5 Å². The van der Waals surface area contributed by atoms with E-state index in [2.05, 4.69) is 0 Å². The van der Waals surface area contributed by atoms with Crippen LogP contribution in [0.4, 0.5) is 0 Å². The maximum absolute atomic E-state index is 11.3. The first kappa shape index (κ1) is 13.1. The van der Waals surface area contributed by atoms with Gasteiger partial charge in [0.1, 0.15) is 4.70 Å². The summed E-state index contributed by atoms with van der Waals surface area (Å²) in [6.45, 7) is 2.54. The number of benzene rings is 1. The zero-order valence-electron chi connectivity index (χ0n) is 8.88. The molecule has 86 valence electrons. The van der Waals surface area contributed by atoms with Crippen molar-refractivity contribution in [3.05, 3.63) is 29.8 Å². The Morgan fingerprint density at radius 2 is 2.19 bits per heavy atom. The summed E-state index contributed by atoms with van der Waals surface area (Å²) in [5, 5.41) is 0. The lowest BCUT2D eigenvalue weighted by molar-refractivity contribution is -0.655. The molecule has 0 aliphatic carbocycles. The third-order valence-electron chi connectivity index (χ3n) is 2.09. The van der Waals surface area contributed by atoms with Gasteiger partial charge >= 0.3 is 5.97 Å². The number of hydrogen-bond acceptors (Lipinski definition) is 3. The van der Waals surface area contributed by atoms with E-state index in [9.17, 15) is 4.79 Å². The smallest absolute Gasteiger partial charge is 0.372 e. The Kier molecular flexibility index (Phi) is 4.89. The Hall–Kier alpha value is -0.940. The Morgan fingerprint density at radius 1 is 1.44 bits per heavy atom. The van der Waals surface area contributed by atoms with E-state index < -0.39 is 0 Å². The van der Waals surface area contributed by atoms with E-state index >= 15 is 0 Å². The second-order valence-electron chi connectivity index (χ2n) is 3.12. The largest absolute Gasteiger partial charge is 0.461 e. The zero-order valence-corrected chi connectivity index (χ0v) is 11.4.